The van der Waals surface area contributed by atoms with Crippen molar-refractivity contribution in [2.24, 2.45) is 0 Å². The molecule has 0 saturated carbocycles. The maximum Gasteiger partial charge on any atom is 0.259 e. The van der Waals surface area contributed by atoms with Gasteiger partial charge in [-0.1, -0.05) is 30.3 Å². The molecule has 38 heavy (non-hydrogen) atoms. The molecule has 0 spiro atoms. The molecule has 0 fully saturated rings. The molecule has 5 rings (SSSR count). The van der Waals surface area contributed by atoms with E-state index in [2.05, 4.69) is 5.32 Å². The number of ketones is 1. The van der Waals surface area contributed by atoms with Gasteiger partial charge in [0, 0.05) is 33.4 Å². The fourth-order valence-corrected chi connectivity index (χ4v) is 5.26. The van der Waals surface area contributed by atoms with Crippen molar-refractivity contribution in [3.63, 3.8) is 0 Å². The lowest BCUT2D eigenvalue weighted by Crippen LogP contribution is -2.32. The molecule has 1 heterocycles. The summed E-state index contributed by atoms with van der Waals surface area (Å²) in [4.78, 5) is 40.6. The van der Waals surface area contributed by atoms with Crippen LogP contribution < -0.4 is 10.2 Å². The predicted octanol–water partition coefficient (Wildman–Crippen LogP) is 7.11. The van der Waals surface area contributed by atoms with Crippen molar-refractivity contribution < 1.29 is 23.2 Å². The van der Waals surface area contributed by atoms with Crippen molar-refractivity contribution in [2.75, 3.05) is 16.8 Å². The van der Waals surface area contributed by atoms with Crippen molar-refractivity contribution in [2.45, 2.75) is 12.8 Å². The summed E-state index contributed by atoms with van der Waals surface area (Å²) < 4.78 is 28.4. The topological polar surface area (TPSA) is 66.5 Å². The summed E-state index contributed by atoms with van der Waals surface area (Å²) in [5.41, 5.74) is 2.93. The molecular weight excluding hydrogens is 601 g/mol. The summed E-state index contributed by atoms with van der Waals surface area (Å²) in [6, 6.07) is 21.9. The Hall–Kier alpha value is -3.92. The first-order chi connectivity index (χ1) is 18.3. The van der Waals surface area contributed by atoms with E-state index in [0.29, 0.717) is 50.2 Å². The van der Waals surface area contributed by atoms with E-state index >= 15 is 0 Å². The third-order valence-electron chi connectivity index (χ3n) is 6.35. The molecule has 5 nitrogen and oxygen atoms in total. The molecule has 1 N–H and O–H groups in total. The minimum Gasteiger partial charge on any atom is -0.322 e. The predicted molar refractivity (Wildman–Crippen MR) is 151 cm³/mol. The number of hydrogen-bond acceptors (Lipinski definition) is 3. The van der Waals surface area contributed by atoms with Gasteiger partial charge in [0.05, 0.1) is 11.3 Å². The van der Waals surface area contributed by atoms with Crippen LogP contribution in [0.3, 0.4) is 0 Å². The van der Waals surface area contributed by atoms with Crippen molar-refractivity contribution in [3.05, 3.63) is 117 Å². The Balaban J connectivity index is 1.41. The number of nitrogens with one attached hydrogen (secondary N) is 1. The van der Waals surface area contributed by atoms with E-state index in [1.165, 1.54) is 41.3 Å². The minimum absolute atomic E-state index is 0.196. The Bertz CT molecular complexity index is 1570. The number of halogens is 3. The van der Waals surface area contributed by atoms with Gasteiger partial charge >= 0.3 is 0 Å². The lowest BCUT2D eigenvalue weighted by molar-refractivity contribution is 0.0973. The van der Waals surface area contributed by atoms with E-state index in [1.54, 1.807) is 30.3 Å². The number of Topliss-reactive ketones (excluding diaryl/α,β-unsaturated/α-hetero) is 1. The first-order valence-corrected chi connectivity index (χ1v) is 13.0. The van der Waals surface area contributed by atoms with E-state index in [1.807, 2.05) is 40.8 Å². The fourth-order valence-electron chi connectivity index (χ4n) is 4.51. The molecule has 0 aliphatic carbocycles. The SMILES string of the molecule is O=C(Nc1ccc(C(=O)N2CCCC(=O)c3cc(F)ccc32)c(I)c1)c1ccc(F)cc1-c1ccccc1. The Morgan fingerprint density at radius 1 is 0.816 bits per heavy atom. The molecular formula is C30H21F2IN2O3. The molecule has 4 aromatic carbocycles. The lowest BCUT2D eigenvalue weighted by atomic mass is 9.99. The highest BCUT2D eigenvalue weighted by atomic mass is 127. The van der Waals surface area contributed by atoms with Gasteiger partial charge in [0.15, 0.2) is 5.78 Å². The zero-order chi connectivity index (χ0) is 26.8. The van der Waals surface area contributed by atoms with Crippen LogP contribution in [0.2, 0.25) is 0 Å². The van der Waals surface area contributed by atoms with Crippen LogP contribution in [-0.4, -0.2) is 24.1 Å². The van der Waals surface area contributed by atoms with Crippen LogP contribution in [0.25, 0.3) is 11.1 Å². The highest BCUT2D eigenvalue weighted by molar-refractivity contribution is 14.1. The van der Waals surface area contributed by atoms with E-state index in [9.17, 15) is 23.2 Å². The van der Waals surface area contributed by atoms with Crippen LogP contribution in [-0.2, 0) is 0 Å². The Morgan fingerprint density at radius 2 is 1.50 bits per heavy atom. The minimum atomic E-state index is -0.530. The molecule has 1 aliphatic rings. The second-order valence-electron chi connectivity index (χ2n) is 8.85. The zero-order valence-corrected chi connectivity index (χ0v) is 22.2. The fraction of sp³-hybridized carbons (Fsp3) is 0.100. The van der Waals surface area contributed by atoms with Crippen LogP contribution >= 0.6 is 22.6 Å². The smallest absolute Gasteiger partial charge is 0.259 e. The average molecular weight is 622 g/mol. The van der Waals surface area contributed by atoms with Crippen LogP contribution in [0.15, 0.2) is 84.9 Å². The second-order valence-corrected chi connectivity index (χ2v) is 10.0. The van der Waals surface area contributed by atoms with Gasteiger partial charge < -0.3 is 10.2 Å². The number of benzene rings is 4. The third-order valence-corrected chi connectivity index (χ3v) is 7.24. The number of rotatable bonds is 4. The second kappa shape index (κ2) is 10.8. The van der Waals surface area contributed by atoms with Crippen LogP contribution in [0.4, 0.5) is 20.2 Å². The van der Waals surface area contributed by atoms with Crippen LogP contribution in [0, 0.1) is 15.2 Å². The molecule has 0 unspecified atom stereocenters. The normalized spacial score (nSPS) is 13.0. The van der Waals surface area contributed by atoms with Gasteiger partial charge in [0.25, 0.3) is 11.8 Å². The number of nitrogens with zero attached hydrogens (tertiary/aromatic N) is 1. The van der Waals surface area contributed by atoms with Gasteiger partial charge in [0.2, 0.25) is 0 Å². The van der Waals surface area contributed by atoms with E-state index in [4.69, 9.17) is 0 Å². The van der Waals surface area contributed by atoms with Crippen molar-refractivity contribution in [1.29, 1.82) is 0 Å². The monoisotopic (exact) mass is 622 g/mol. The molecule has 8 heteroatoms. The third kappa shape index (κ3) is 5.22. The van der Waals surface area contributed by atoms with Crippen molar-refractivity contribution in [1.82, 2.24) is 0 Å². The molecule has 4 aromatic rings. The van der Waals surface area contributed by atoms with Crippen molar-refractivity contribution >= 4 is 51.6 Å². The quantitative estimate of drug-likeness (QED) is 0.247. The van der Waals surface area contributed by atoms with Crippen molar-refractivity contribution in [3.8, 4) is 11.1 Å². The van der Waals surface area contributed by atoms with E-state index in [-0.39, 0.29) is 23.7 Å². The summed E-state index contributed by atoms with van der Waals surface area (Å²) in [6.45, 7) is 0.324. The summed E-state index contributed by atoms with van der Waals surface area (Å²) in [5, 5.41) is 2.83. The number of hydrogen-bond donors (Lipinski definition) is 1. The number of anilines is 2. The lowest BCUT2D eigenvalue weighted by Gasteiger charge is -2.23. The molecule has 1 aliphatic heterocycles. The molecule has 0 saturated heterocycles. The molecule has 0 radical (unpaired) electrons. The van der Waals surface area contributed by atoms with Gasteiger partial charge in [-0.15, -0.1) is 0 Å². The van der Waals surface area contributed by atoms with Gasteiger partial charge in [0.1, 0.15) is 11.6 Å². The Kier molecular flexibility index (Phi) is 7.33. The Labute approximate surface area is 231 Å². The summed E-state index contributed by atoms with van der Waals surface area (Å²) in [7, 11) is 0. The molecule has 0 atom stereocenters. The molecule has 0 bridgehead atoms. The number of fused-ring (bicyclic) bond motifs is 1. The molecule has 0 aromatic heterocycles. The van der Waals surface area contributed by atoms with Gasteiger partial charge in [-0.25, -0.2) is 8.78 Å². The van der Waals surface area contributed by atoms with Gasteiger partial charge in [-0.2, -0.15) is 0 Å². The highest BCUT2D eigenvalue weighted by Crippen LogP contribution is 2.31. The zero-order valence-electron chi connectivity index (χ0n) is 20.0. The standard InChI is InChI=1S/C30H21F2IN2O3/c31-19-8-11-22(24(15-19)18-5-2-1-3-6-18)29(37)34-21-10-12-23(26(33)17-21)30(38)35-14-4-7-28(36)25-16-20(32)9-13-27(25)35/h1-3,5-6,8-13,15-17H,4,7,14H2,(H,34,37). The summed E-state index contributed by atoms with van der Waals surface area (Å²) in [6.07, 6.45) is 0.698. The van der Waals surface area contributed by atoms with Gasteiger partial charge in [-0.3, -0.25) is 14.4 Å². The number of carbonyl (C=O) groups is 3. The highest BCUT2D eigenvalue weighted by Gasteiger charge is 2.27. The maximum absolute atomic E-state index is 14.0. The summed E-state index contributed by atoms with van der Waals surface area (Å²) >= 11 is 2.02. The largest absolute Gasteiger partial charge is 0.322 e. The van der Waals surface area contributed by atoms with Crippen LogP contribution in [0.1, 0.15) is 43.9 Å². The number of amides is 2. The molecule has 190 valence electrons. The molecule has 2 amide bonds. The average Bonchev–Trinajstić information content (AvgIpc) is 3.07. The number of carbonyl (C=O) groups excluding carboxylic acids is 3. The van der Waals surface area contributed by atoms with E-state index in [0.717, 1.165) is 0 Å². The maximum atomic E-state index is 14.0. The first kappa shape index (κ1) is 25.7. The van der Waals surface area contributed by atoms with Crippen LogP contribution in [0.5, 0.6) is 0 Å². The summed E-state index contributed by atoms with van der Waals surface area (Å²) in [5.74, 6) is -1.91. The van der Waals surface area contributed by atoms with Gasteiger partial charge in [-0.05, 0) is 94.7 Å². The van der Waals surface area contributed by atoms with E-state index < -0.39 is 17.5 Å². The Morgan fingerprint density at radius 3 is 2.24 bits per heavy atom. The first-order valence-electron chi connectivity index (χ1n) is 11.9.